The maximum Gasteiger partial charge on any atom is 0.250 e. The zero-order chi connectivity index (χ0) is 25.4. The van der Waals surface area contributed by atoms with Crippen LogP contribution in [0.4, 0.5) is 20.2 Å². The van der Waals surface area contributed by atoms with Gasteiger partial charge in [0.2, 0.25) is 17.7 Å². The number of phenols is 1. The second-order valence-corrected chi connectivity index (χ2v) is 9.59. The third-order valence-corrected chi connectivity index (χ3v) is 7.52. The lowest BCUT2D eigenvalue weighted by Crippen LogP contribution is -2.53. The van der Waals surface area contributed by atoms with E-state index in [-0.39, 0.29) is 28.4 Å². The van der Waals surface area contributed by atoms with Crippen molar-refractivity contribution in [2.24, 2.45) is 11.8 Å². The van der Waals surface area contributed by atoms with Crippen LogP contribution in [0.5, 0.6) is 5.75 Å². The molecule has 4 atom stereocenters. The monoisotopic (exact) mass is 509 g/mol. The predicted octanol–water partition coefficient (Wildman–Crippen LogP) is 3.49. The molecule has 36 heavy (non-hydrogen) atoms. The smallest absolute Gasteiger partial charge is 0.250 e. The van der Waals surface area contributed by atoms with Crippen LogP contribution in [0.1, 0.15) is 11.1 Å². The van der Waals surface area contributed by atoms with Crippen LogP contribution in [-0.2, 0) is 26.3 Å². The van der Waals surface area contributed by atoms with Crippen LogP contribution in [-0.4, -0.2) is 28.9 Å². The standard InChI is InChI=1S/C26H18ClF2N3O4/c27-17-11-14(4-7-18(17)29)32-23(34)21-20(9-12-1-5-15(33)6-2-12)31-26(22(21)24(32)35)16-10-13(28)3-8-19(16)30-25(26)36/h1-8,10-11,20-22,31,33H,9H2,(H,30,36)/t20-,21-,22-,26-/m1/s1. The maximum absolute atomic E-state index is 14.3. The van der Waals surface area contributed by atoms with E-state index in [1.807, 2.05) is 0 Å². The van der Waals surface area contributed by atoms with Crippen molar-refractivity contribution < 1.29 is 28.3 Å². The number of halogens is 3. The first-order valence-electron chi connectivity index (χ1n) is 11.2. The summed E-state index contributed by atoms with van der Waals surface area (Å²) in [6.45, 7) is 0. The number of nitrogens with one attached hydrogen (secondary N) is 2. The second-order valence-electron chi connectivity index (χ2n) is 9.19. The SMILES string of the molecule is O=C1[C@@H]2[C@@H](Cc3ccc(O)cc3)N[C@@]3(C(=O)Nc4ccc(F)cc43)[C@H]2C(=O)N1c1ccc(F)c(Cl)c1. The summed E-state index contributed by atoms with van der Waals surface area (Å²) in [5.41, 5.74) is -0.253. The highest BCUT2D eigenvalue weighted by Crippen LogP contribution is 2.54. The van der Waals surface area contributed by atoms with E-state index in [0.29, 0.717) is 5.69 Å². The highest BCUT2D eigenvalue weighted by Gasteiger charge is 2.70. The molecule has 10 heteroatoms. The first-order valence-corrected chi connectivity index (χ1v) is 11.6. The molecule has 0 aromatic heterocycles. The summed E-state index contributed by atoms with van der Waals surface area (Å²) in [6, 6.07) is 13.0. The van der Waals surface area contributed by atoms with Crippen LogP contribution in [0, 0.1) is 23.5 Å². The van der Waals surface area contributed by atoms with Gasteiger partial charge in [-0.2, -0.15) is 0 Å². The van der Waals surface area contributed by atoms with Gasteiger partial charge in [-0.3, -0.25) is 19.7 Å². The molecule has 2 saturated heterocycles. The maximum atomic E-state index is 14.3. The minimum Gasteiger partial charge on any atom is -0.508 e. The summed E-state index contributed by atoms with van der Waals surface area (Å²) in [5, 5.41) is 15.3. The Kier molecular flexibility index (Phi) is 4.93. The van der Waals surface area contributed by atoms with Crippen LogP contribution in [0.25, 0.3) is 0 Å². The molecule has 3 aromatic rings. The average molecular weight is 510 g/mol. The van der Waals surface area contributed by atoms with Crippen LogP contribution in [0.15, 0.2) is 60.7 Å². The normalized spacial score (nSPS) is 26.5. The Morgan fingerprint density at radius 1 is 0.972 bits per heavy atom. The molecule has 3 aliphatic rings. The molecule has 3 heterocycles. The number of hydrogen-bond acceptors (Lipinski definition) is 5. The summed E-state index contributed by atoms with van der Waals surface area (Å²) in [6.07, 6.45) is 0.248. The van der Waals surface area contributed by atoms with Crippen molar-refractivity contribution in [3.63, 3.8) is 0 Å². The molecule has 0 aliphatic carbocycles. The van der Waals surface area contributed by atoms with Gasteiger partial charge in [0.25, 0.3) is 0 Å². The van der Waals surface area contributed by atoms with Crippen LogP contribution in [0.3, 0.4) is 0 Å². The Bertz CT molecular complexity index is 1460. The number of imide groups is 1. The number of phenolic OH excluding ortho intramolecular Hbond substituents is 1. The molecule has 0 radical (unpaired) electrons. The van der Waals surface area contributed by atoms with E-state index in [9.17, 15) is 28.3 Å². The molecule has 0 saturated carbocycles. The molecule has 0 bridgehead atoms. The number of carbonyl (C=O) groups excluding carboxylic acids is 3. The first-order chi connectivity index (χ1) is 17.2. The Morgan fingerprint density at radius 3 is 2.44 bits per heavy atom. The van der Waals surface area contributed by atoms with Crippen LogP contribution >= 0.6 is 11.6 Å². The Balaban J connectivity index is 1.50. The summed E-state index contributed by atoms with van der Waals surface area (Å²) >= 11 is 5.92. The molecule has 3 aromatic carbocycles. The second kappa shape index (κ2) is 7.84. The molecule has 3 N–H and O–H groups in total. The summed E-state index contributed by atoms with van der Waals surface area (Å²) in [7, 11) is 0. The largest absolute Gasteiger partial charge is 0.508 e. The summed E-state index contributed by atoms with van der Waals surface area (Å²) in [5.74, 6) is -5.19. The number of anilines is 2. The van der Waals surface area contributed by atoms with Crippen molar-refractivity contribution in [3.8, 4) is 5.75 Å². The van der Waals surface area contributed by atoms with Gasteiger partial charge in [-0.05, 0) is 60.5 Å². The molecule has 6 rings (SSSR count). The Labute approximate surface area is 208 Å². The predicted molar refractivity (Wildman–Crippen MR) is 126 cm³/mol. The molecule has 0 unspecified atom stereocenters. The van der Waals surface area contributed by atoms with E-state index in [1.165, 1.54) is 42.5 Å². The number of carbonyl (C=O) groups is 3. The highest BCUT2D eigenvalue weighted by molar-refractivity contribution is 6.32. The van der Waals surface area contributed by atoms with Gasteiger partial charge >= 0.3 is 0 Å². The minimum absolute atomic E-state index is 0.0681. The number of hydrogen-bond donors (Lipinski definition) is 3. The molecular weight excluding hydrogens is 492 g/mol. The van der Waals surface area contributed by atoms with Gasteiger partial charge < -0.3 is 10.4 Å². The van der Waals surface area contributed by atoms with Gasteiger partial charge in [-0.25, -0.2) is 13.7 Å². The van der Waals surface area contributed by atoms with Crippen molar-refractivity contribution >= 4 is 40.7 Å². The molecular formula is C26H18ClF2N3O4. The van der Waals surface area contributed by atoms with E-state index in [0.717, 1.165) is 16.5 Å². The van der Waals surface area contributed by atoms with Gasteiger partial charge in [-0.15, -0.1) is 0 Å². The van der Waals surface area contributed by atoms with Crippen molar-refractivity contribution in [3.05, 3.63) is 88.4 Å². The number of benzene rings is 3. The summed E-state index contributed by atoms with van der Waals surface area (Å²) < 4.78 is 28.1. The van der Waals surface area contributed by atoms with E-state index in [2.05, 4.69) is 10.6 Å². The van der Waals surface area contributed by atoms with Crippen molar-refractivity contribution in [1.82, 2.24) is 5.32 Å². The Morgan fingerprint density at radius 2 is 1.72 bits per heavy atom. The number of nitrogens with zero attached hydrogens (tertiary/aromatic N) is 1. The zero-order valence-corrected chi connectivity index (χ0v) is 19.2. The molecule has 1 spiro atoms. The fourth-order valence-corrected chi connectivity index (χ4v) is 5.89. The fourth-order valence-electron chi connectivity index (χ4n) is 5.71. The van der Waals surface area contributed by atoms with E-state index in [1.54, 1.807) is 12.1 Å². The first kappa shape index (κ1) is 22.6. The quantitative estimate of drug-likeness (QED) is 0.470. The van der Waals surface area contributed by atoms with Gasteiger partial charge in [0.15, 0.2) is 0 Å². The lowest BCUT2D eigenvalue weighted by molar-refractivity contribution is -0.130. The van der Waals surface area contributed by atoms with Crippen LogP contribution < -0.4 is 15.5 Å². The number of aromatic hydroxyl groups is 1. The molecule has 182 valence electrons. The minimum atomic E-state index is -1.69. The number of fused-ring (bicyclic) bond motifs is 4. The number of rotatable bonds is 3. The molecule has 3 amide bonds. The molecule has 2 fully saturated rings. The van der Waals surface area contributed by atoms with Crippen LogP contribution in [0.2, 0.25) is 5.02 Å². The Hall–Kier alpha value is -3.82. The van der Waals surface area contributed by atoms with E-state index < -0.39 is 52.8 Å². The summed E-state index contributed by atoms with van der Waals surface area (Å²) in [4.78, 5) is 42.0. The lowest BCUT2D eigenvalue weighted by Gasteiger charge is -2.29. The van der Waals surface area contributed by atoms with Gasteiger partial charge in [0.05, 0.1) is 22.5 Å². The molecule has 7 nitrogen and oxygen atoms in total. The van der Waals surface area contributed by atoms with Crippen molar-refractivity contribution in [2.45, 2.75) is 18.0 Å². The van der Waals surface area contributed by atoms with Gasteiger partial charge in [0.1, 0.15) is 22.9 Å². The van der Waals surface area contributed by atoms with Crippen molar-refractivity contribution in [1.29, 1.82) is 0 Å². The van der Waals surface area contributed by atoms with Crippen molar-refractivity contribution in [2.75, 3.05) is 10.2 Å². The molecule has 3 aliphatic heterocycles. The average Bonchev–Trinajstić information content (AvgIpc) is 3.42. The van der Waals surface area contributed by atoms with E-state index in [4.69, 9.17) is 11.6 Å². The third kappa shape index (κ3) is 3.09. The van der Waals surface area contributed by atoms with Gasteiger partial charge in [-0.1, -0.05) is 23.7 Å². The zero-order valence-electron chi connectivity index (χ0n) is 18.5. The third-order valence-electron chi connectivity index (χ3n) is 7.23. The van der Waals surface area contributed by atoms with E-state index >= 15 is 0 Å². The number of amides is 3. The topological polar surface area (TPSA) is 98.7 Å². The highest BCUT2D eigenvalue weighted by atomic mass is 35.5. The van der Waals surface area contributed by atoms with Gasteiger partial charge in [0, 0.05) is 17.3 Å². The lowest BCUT2D eigenvalue weighted by atomic mass is 9.76. The fraction of sp³-hybridized carbons (Fsp3) is 0.192.